The summed E-state index contributed by atoms with van der Waals surface area (Å²) in [5.41, 5.74) is 0.644. The molecule has 29 heavy (non-hydrogen) atoms. The molecule has 8 nitrogen and oxygen atoms in total. The number of hydrogen-bond acceptors (Lipinski definition) is 6. The summed E-state index contributed by atoms with van der Waals surface area (Å²) in [7, 11) is 2.15. The van der Waals surface area contributed by atoms with Gasteiger partial charge in [0.1, 0.15) is 0 Å². The molecular formula is C20H25N7OS. The minimum atomic E-state index is -0.227. The van der Waals surface area contributed by atoms with Crippen molar-refractivity contribution in [1.82, 2.24) is 29.9 Å². The quantitative estimate of drug-likeness (QED) is 0.651. The molecule has 2 N–H and O–H groups in total. The summed E-state index contributed by atoms with van der Waals surface area (Å²) in [6, 6.07) is 9.65. The number of carbonyl (C=O) groups is 1. The van der Waals surface area contributed by atoms with Gasteiger partial charge in [0.05, 0.1) is 17.9 Å². The summed E-state index contributed by atoms with van der Waals surface area (Å²) in [5.74, 6) is 0.703. The standard InChI is InChI=1S/C20H25N7OS/c1-25-9-11-26(12-10-25)17(18-4-2-13-29-18)15-22-20(28)24-16-5-6-19(21-14-16)27-8-3-7-23-27/h2-8,13-14,17H,9-12,15H2,1H3,(H2,22,24,28)/t17-/m1/s1. The van der Waals surface area contributed by atoms with Crippen molar-refractivity contribution in [3.05, 3.63) is 59.2 Å². The molecule has 3 aromatic heterocycles. The van der Waals surface area contributed by atoms with Gasteiger partial charge in [-0.15, -0.1) is 11.3 Å². The van der Waals surface area contributed by atoms with Gasteiger partial charge in [-0.1, -0.05) is 6.07 Å². The summed E-state index contributed by atoms with van der Waals surface area (Å²) in [6.45, 7) is 4.65. The number of aromatic nitrogens is 3. The Morgan fingerprint density at radius 1 is 1.21 bits per heavy atom. The molecule has 0 unspecified atom stereocenters. The Kier molecular flexibility index (Phi) is 6.18. The van der Waals surface area contributed by atoms with Crippen molar-refractivity contribution < 1.29 is 4.79 Å². The van der Waals surface area contributed by atoms with E-state index in [9.17, 15) is 4.79 Å². The smallest absolute Gasteiger partial charge is 0.319 e. The highest BCUT2D eigenvalue weighted by Crippen LogP contribution is 2.25. The number of rotatable bonds is 6. The van der Waals surface area contributed by atoms with Gasteiger partial charge in [-0.25, -0.2) is 14.5 Å². The Morgan fingerprint density at radius 2 is 2.07 bits per heavy atom. The maximum absolute atomic E-state index is 12.4. The van der Waals surface area contributed by atoms with Gasteiger partial charge < -0.3 is 15.5 Å². The van der Waals surface area contributed by atoms with Crippen molar-refractivity contribution in [2.45, 2.75) is 6.04 Å². The van der Waals surface area contributed by atoms with Crippen LogP contribution in [0.25, 0.3) is 5.82 Å². The summed E-state index contributed by atoms with van der Waals surface area (Å²) in [6.07, 6.45) is 5.16. The van der Waals surface area contributed by atoms with Crippen LogP contribution in [0, 0.1) is 0 Å². The molecule has 1 aliphatic heterocycles. The highest BCUT2D eigenvalue weighted by Gasteiger charge is 2.25. The number of pyridine rings is 1. The van der Waals surface area contributed by atoms with Gasteiger partial charge in [-0.3, -0.25) is 4.90 Å². The monoisotopic (exact) mass is 411 g/mol. The number of hydrogen-bond donors (Lipinski definition) is 2. The number of carbonyl (C=O) groups excluding carboxylic acids is 1. The summed E-state index contributed by atoms with van der Waals surface area (Å²) >= 11 is 1.74. The lowest BCUT2D eigenvalue weighted by atomic mass is 10.1. The van der Waals surface area contributed by atoms with Crippen LogP contribution >= 0.6 is 11.3 Å². The first-order chi connectivity index (χ1) is 14.2. The largest absolute Gasteiger partial charge is 0.336 e. The lowest BCUT2D eigenvalue weighted by Crippen LogP contribution is -2.48. The van der Waals surface area contributed by atoms with E-state index in [-0.39, 0.29) is 12.1 Å². The van der Waals surface area contributed by atoms with E-state index >= 15 is 0 Å². The molecule has 3 aromatic rings. The van der Waals surface area contributed by atoms with E-state index in [4.69, 9.17) is 0 Å². The Bertz CT molecular complexity index is 888. The zero-order valence-corrected chi connectivity index (χ0v) is 17.2. The number of urea groups is 1. The first-order valence-electron chi connectivity index (χ1n) is 9.66. The number of piperazine rings is 1. The Balaban J connectivity index is 1.34. The lowest BCUT2D eigenvalue weighted by molar-refractivity contribution is 0.113. The van der Waals surface area contributed by atoms with Crippen LogP contribution in [0.1, 0.15) is 10.9 Å². The predicted octanol–water partition coefficient (Wildman–Crippen LogP) is 2.44. The van der Waals surface area contributed by atoms with Crippen LogP contribution in [0.4, 0.5) is 10.5 Å². The highest BCUT2D eigenvalue weighted by molar-refractivity contribution is 7.10. The van der Waals surface area contributed by atoms with Gasteiger partial charge in [0.15, 0.2) is 5.82 Å². The zero-order chi connectivity index (χ0) is 20.1. The molecule has 0 saturated carbocycles. The second-order valence-electron chi connectivity index (χ2n) is 7.06. The van der Waals surface area contributed by atoms with E-state index in [0.29, 0.717) is 18.1 Å². The van der Waals surface area contributed by atoms with Crippen molar-refractivity contribution in [3.8, 4) is 5.82 Å². The fourth-order valence-electron chi connectivity index (χ4n) is 3.39. The third-order valence-electron chi connectivity index (χ3n) is 5.05. The zero-order valence-electron chi connectivity index (χ0n) is 16.4. The van der Waals surface area contributed by atoms with E-state index in [2.05, 4.69) is 55.1 Å². The minimum absolute atomic E-state index is 0.190. The molecule has 2 amide bonds. The highest BCUT2D eigenvalue weighted by atomic mass is 32.1. The normalized spacial score (nSPS) is 16.4. The second kappa shape index (κ2) is 9.17. The van der Waals surface area contributed by atoms with Gasteiger partial charge in [0, 0.05) is 50.0 Å². The molecule has 0 aromatic carbocycles. The van der Waals surface area contributed by atoms with E-state index in [1.54, 1.807) is 28.4 Å². The predicted molar refractivity (Wildman–Crippen MR) is 115 cm³/mol. The SMILES string of the molecule is CN1CCN([C@H](CNC(=O)Nc2ccc(-n3cccn3)nc2)c2cccs2)CC1. The maximum Gasteiger partial charge on any atom is 0.319 e. The molecule has 1 aliphatic rings. The number of nitrogens with zero attached hydrogens (tertiary/aromatic N) is 5. The lowest BCUT2D eigenvalue weighted by Gasteiger charge is -2.37. The molecule has 9 heteroatoms. The molecule has 0 bridgehead atoms. The average Bonchev–Trinajstić information content (AvgIpc) is 3.44. The molecule has 4 rings (SSSR count). The number of anilines is 1. The topological polar surface area (TPSA) is 78.3 Å². The number of likely N-dealkylation sites (N-methyl/N-ethyl adjacent to an activating group) is 1. The average molecular weight is 412 g/mol. The molecular weight excluding hydrogens is 386 g/mol. The maximum atomic E-state index is 12.4. The van der Waals surface area contributed by atoms with Crippen molar-refractivity contribution in [2.75, 3.05) is 45.1 Å². The Morgan fingerprint density at radius 3 is 2.72 bits per heavy atom. The number of thiophene rings is 1. The third kappa shape index (κ3) is 5.00. The molecule has 1 atom stereocenters. The van der Waals surface area contributed by atoms with E-state index < -0.39 is 0 Å². The fraction of sp³-hybridized carbons (Fsp3) is 0.350. The van der Waals surface area contributed by atoms with Crippen LogP contribution in [0.2, 0.25) is 0 Å². The van der Waals surface area contributed by atoms with Gasteiger partial charge in [-0.05, 0) is 36.7 Å². The van der Waals surface area contributed by atoms with Crippen molar-refractivity contribution in [1.29, 1.82) is 0 Å². The summed E-state index contributed by atoms with van der Waals surface area (Å²) < 4.78 is 1.67. The van der Waals surface area contributed by atoms with E-state index in [0.717, 1.165) is 26.2 Å². The van der Waals surface area contributed by atoms with Crippen molar-refractivity contribution in [3.63, 3.8) is 0 Å². The van der Waals surface area contributed by atoms with Gasteiger partial charge in [0.25, 0.3) is 0 Å². The van der Waals surface area contributed by atoms with Crippen LogP contribution < -0.4 is 10.6 Å². The van der Waals surface area contributed by atoms with Crippen LogP contribution in [-0.4, -0.2) is 70.4 Å². The van der Waals surface area contributed by atoms with E-state index in [1.165, 1.54) is 4.88 Å². The minimum Gasteiger partial charge on any atom is -0.336 e. The first-order valence-corrected chi connectivity index (χ1v) is 10.5. The van der Waals surface area contributed by atoms with Gasteiger partial charge in [0.2, 0.25) is 0 Å². The Labute approximate surface area is 174 Å². The van der Waals surface area contributed by atoms with Crippen LogP contribution in [0.15, 0.2) is 54.3 Å². The van der Waals surface area contributed by atoms with Crippen molar-refractivity contribution >= 4 is 23.1 Å². The first kappa shape index (κ1) is 19.6. The third-order valence-corrected chi connectivity index (χ3v) is 6.02. The van der Waals surface area contributed by atoms with Crippen LogP contribution in [0.3, 0.4) is 0 Å². The number of amides is 2. The molecule has 152 valence electrons. The number of nitrogens with one attached hydrogen (secondary N) is 2. The molecule has 1 fully saturated rings. The van der Waals surface area contributed by atoms with Crippen molar-refractivity contribution in [2.24, 2.45) is 0 Å². The van der Waals surface area contributed by atoms with Crippen LogP contribution in [-0.2, 0) is 0 Å². The van der Waals surface area contributed by atoms with Gasteiger partial charge >= 0.3 is 6.03 Å². The molecule has 0 spiro atoms. The van der Waals surface area contributed by atoms with Gasteiger partial charge in [-0.2, -0.15) is 5.10 Å². The fourth-order valence-corrected chi connectivity index (χ4v) is 4.25. The second-order valence-corrected chi connectivity index (χ2v) is 8.04. The molecule has 1 saturated heterocycles. The molecule has 4 heterocycles. The Hall–Kier alpha value is -2.75. The molecule has 0 aliphatic carbocycles. The summed E-state index contributed by atoms with van der Waals surface area (Å²) in [4.78, 5) is 22.8. The van der Waals surface area contributed by atoms with E-state index in [1.807, 2.05) is 24.4 Å². The summed E-state index contributed by atoms with van der Waals surface area (Å²) in [5, 5.41) is 12.1. The van der Waals surface area contributed by atoms with Crippen LogP contribution in [0.5, 0.6) is 0 Å². The molecule has 0 radical (unpaired) electrons.